The lowest BCUT2D eigenvalue weighted by Gasteiger charge is -2.42. The second-order valence-electron chi connectivity index (χ2n) is 20.7. The van der Waals surface area contributed by atoms with Crippen LogP contribution < -0.4 is 11.5 Å². The van der Waals surface area contributed by atoms with Crippen molar-refractivity contribution < 1.29 is 0 Å². The second-order valence-corrected chi connectivity index (χ2v) is 20.7. The van der Waals surface area contributed by atoms with Crippen LogP contribution in [0.1, 0.15) is 263 Å². The van der Waals surface area contributed by atoms with Gasteiger partial charge < -0.3 is 11.5 Å². The Morgan fingerprint density at radius 1 is 0.438 bits per heavy atom. The first-order valence-electron chi connectivity index (χ1n) is 27.2. The molecule has 1 fully saturated rings. The van der Waals surface area contributed by atoms with Crippen molar-refractivity contribution in [3.05, 3.63) is 129 Å². The molecule has 1 aliphatic carbocycles. The van der Waals surface area contributed by atoms with Crippen molar-refractivity contribution in [1.82, 2.24) is 0 Å². The number of hydrogen-bond acceptors (Lipinski definition) is 2. The third kappa shape index (κ3) is 15.8. The SMILES string of the molecule is CCCCCCCCCCC1CCC(c2ccc(C(CCCCCCCCC)c3ccc(N)cc3C)cc2)(c2ccc(C(CCCCCCCCC)c3ccc(N)cc3C)cc2)CC1. The van der Waals surface area contributed by atoms with Gasteiger partial charge in [-0.3, -0.25) is 0 Å². The van der Waals surface area contributed by atoms with Gasteiger partial charge in [-0.25, -0.2) is 0 Å². The molecule has 4 N–H and O–H groups in total. The van der Waals surface area contributed by atoms with E-state index in [1.165, 1.54) is 231 Å². The summed E-state index contributed by atoms with van der Waals surface area (Å²) >= 11 is 0. The number of aryl methyl sites for hydroxylation is 2. The van der Waals surface area contributed by atoms with Gasteiger partial charge in [0.15, 0.2) is 0 Å². The molecule has 0 saturated heterocycles. The minimum atomic E-state index is 0.0447. The van der Waals surface area contributed by atoms with Gasteiger partial charge in [0.05, 0.1) is 0 Å². The molecule has 1 saturated carbocycles. The fourth-order valence-corrected chi connectivity index (χ4v) is 11.6. The molecular weight excluding hydrogens is 773 g/mol. The van der Waals surface area contributed by atoms with Gasteiger partial charge in [-0.15, -0.1) is 0 Å². The molecule has 4 aromatic rings. The van der Waals surface area contributed by atoms with Crippen LogP contribution >= 0.6 is 0 Å². The van der Waals surface area contributed by atoms with Crippen molar-refractivity contribution in [2.45, 2.75) is 238 Å². The number of unbranched alkanes of at least 4 members (excludes halogenated alkanes) is 19. The Bertz CT molecular complexity index is 1730. The molecule has 64 heavy (non-hydrogen) atoms. The molecule has 2 nitrogen and oxygen atoms in total. The first-order valence-corrected chi connectivity index (χ1v) is 27.2. The van der Waals surface area contributed by atoms with E-state index in [0.717, 1.165) is 17.3 Å². The largest absolute Gasteiger partial charge is 0.399 e. The molecule has 0 bridgehead atoms. The molecule has 2 unspecified atom stereocenters. The zero-order valence-corrected chi connectivity index (χ0v) is 42.0. The molecule has 352 valence electrons. The smallest absolute Gasteiger partial charge is 0.0316 e. The van der Waals surface area contributed by atoms with E-state index in [1.807, 2.05) is 0 Å². The third-order valence-electron chi connectivity index (χ3n) is 15.7. The average Bonchev–Trinajstić information content (AvgIpc) is 3.30. The fraction of sp³-hybridized carbons (Fsp3) is 0.613. The molecule has 4 aromatic carbocycles. The van der Waals surface area contributed by atoms with Gasteiger partial charge in [0.1, 0.15) is 0 Å². The number of nitrogen functional groups attached to an aromatic ring is 2. The topological polar surface area (TPSA) is 52.0 Å². The molecule has 5 rings (SSSR count). The van der Waals surface area contributed by atoms with Gasteiger partial charge in [-0.2, -0.15) is 0 Å². The first kappa shape index (κ1) is 51.5. The van der Waals surface area contributed by atoms with Crippen LogP contribution in [0.4, 0.5) is 11.4 Å². The number of benzene rings is 4. The predicted molar refractivity (Wildman–Crippen MR) is 283 cm³/mol. The van der Waals surface area contributed by atoms with Crippen LogP contribution in [0.2, 0.25) is 0 Å². The molecule has 0 amide bonds. The highest BCUT2D eigenvalue weighted by Crippen LogP contribution is 2.49. The third-order valence-corrected chi connectivity index (χ3v) is 15.7. The van der Waals surface area contributed by atoms with Gasteiger partial charge in [-0.05, 0) is 127 Å². The summed E-state index contributed by atoms with van der Waals surface area (Å²) in [6.45, 7) is 11.5. The standard InChI is InChI=1S/C62H94N2/c1-6-9-12-15-18-21-22-25-28-51-43-45-62(46-44-51,54-35-31-52(32-36-54)60(29-26-23-19-16-13-10-7-2)58-41-39-56(63)47-49(58)4)55-37-33-53(34-38-55)61(30-27-24-20-17-14-11-8-3)59-42-40-57(64)48-50(59)5/h31-42,47-48,51,60-61H,6-30,43-46,63-64H2,1-5H3. The van der Waals surface area contributed by atoms with Crippen LogP contribution in [-0.2, 0) is 5.41 Å². The maximum Gasteiger partial charge on any atom is 0.0316 e. The van der Waals surface area contributed by atoms with E-state index in [9.17, 15) is 0 Å². The molecule has 0 aliphatic heterocycles. The van der Waals surface area contributed by atoms with Crippen molar-refractivity contribution in [2.75, 3.05) is 11.5 Å². The van der Waals surface area contributed by atoms with Crippen molar-refractivity contribution in [1.29, 1.82) is 0 Å². The normalized spacial score (nSPS) is 17.4. The summed E-state index contributed by atoms with van der Waals surface area (Å²) in [6, 6.07) is 33.5. The highest BCUT2D eigenvalue weighted by atomic mass is 14.5. The van der Waals surface area contributed by atoms with Gasteiger partial charge >= 0.3 is 0 Å². The van der Waals surface area contributed by atoms with Crippen molar-refractivity contribution in [3.8, 4) is 0 Å². The minimum absolute atomic E-state index is 0.0447. The highest BCUT2D eigenvalue weighted by molar-refractivity contribution is 5.51. The van der Waals surface area contributed by atoms with E-state index in [2.05, 4.69) is 120 Å². The Hall–Kier alpha value is -3.52. The minimum Gasteiger partial charge on any atom is -0.399 e. The number of anilines is 2. The highest BCUT2D eigenvalue weighted by Gasteiger charge is 2.38. The van der Waals surface area contributed by atoms with Crippen LogP contribution in [0.3, 0.4) is 0 Å². The van der Waals surface area contributed by atoms with Crippen LogP contribution in [0, 0.1) is 19.8 Å². The Labute approximate surface area is 394 Å². The van der Waals surface area contributed by atoms with E-state index in [4.69, 9.17) is 11.5 Å². The summed E-state index contributed by atoms with van der Waals surface area (Å²) in [5, 5.41) is 0. The molecular formula is C62H94N2. The maximum absolute atomic E-state index is 6.30. The van der Waals surface area contributed by atoms with E-state index >= 15 is 0 Å². The van der Waals surface area contributed by atoms with Crippen molar-refractivity contribution in [3.63, 3.8) is 0 Å². The van der Waals surface area contributed by atoms with Crippen LogP contribution in [0.15, 0.2) is 84.9 Å². The lowest BCUT2D eigenvalue weighted by atomic mass is 9.62. The monoisotopic (exact) mass is 867 g/mol. The number of hydrogen-bond donors (Lipinski definition) is 2. The van der Waals surface area contributed by atoms with E-state index < -0.39 is 0 Å². The Kier molecular flexibility index (Phi) is 22.9. The van der Waals surface area contributed by atoms with E-state index in [-0.39, 0.29) is 5.41 Å². The summed E-state index contributed by atoms with van der Waals surface area (Å²) in [6.07, 6.45) is 39.0. The maximum atomic E-state index is 6.30. The quantitative estimate of drug-likeness (QED) is 0.0391. The molecule has 0 heterocycles. The summed E-state index contributed by atoms with van der Waals surface area (Å²) in [5.74, 6) is 1.65. The first-order chi connectivity index (χ1) is 31.3. The Morgan fingerprint density at radius 3 is 1.14 bits per heavy atom. The molecule has 0 aromatic heterocycles. The van der Waals surface area contributed by atoms with E-state index in [1.54, 1.807) is 0 Å². The van der Waals surface area contributed by atoms with Crippen molar-refractivity contribution in [2.24, 2.45) is 5.92 Å². The molecule has 2 heteroatoms. The average molecular weight is 867 g/mol. The lowest BCUT2D eigenvalue weighted by molar-refractivity contribution is 0.250. The fourth-order valence-electron chi connectivity index (χ4n) is 11.6. The number of nitrogens with two attached hydrogens (primary N) is 2. The van der Waals surface area contributed by atoms with Gasteiger partial charge in [-0.1, -0.05) is 229 Å². The lowest BCUT2D eigenvalue weighted by Crippen LogP contribution is -2.33. The van der Waals surface area contributed by atoms with Crippen LogP contribution in [-0.4, -0.2) is 0 Å². The zero-order chi connectivity index (χ0) is 45.4. The summed E-state index contributed by atoms with van der Waals surface area (Å²) in [4.78, 5) is 0. The van der Waals surface area contributed by atoms with Gasteiger partial charge in [0.2, 0.25) is 0 Å². The molecule has 1 aliphatic rings. The predicted octanol–water partition coefficient (Wildman–Crippen LogP) is 19.0. The van der Waals surface area contributed by atoms with Crippen LogP contribution in [0.25, 0.3) is 0 Å². The second kappa shape index (κ2) is 28.5. The molecule has 2 atom stereocenters. The summed E-state index contributed by atoms with van der Waals surface area (Å²) < 4.78 is 0. The number of rotatable bonds is 31. The summed E-state index contributed by atoms with van der Waals surface area (Å²) in [5.41, 5.74) is 25.9. The van der Waals surface area contributed by atoms with E-state index in [0.29, 0.717) is 11.8 Å². The van der Waals surface area contributed by atoms with Gasteiger partial charge in [0.25, 0.3) is 0 Å². The van der Waals surface area contributed by atoms with Gasteiger partial charge in [0, 0.05) is 28.6 Å². The molecule has 0 radical (unpaired) electrons. The van der Waals surface area contributed by atoms with Crippen LogP contribution in [0.5, 0.6) is 0 Å². The Balaban J connectivity index is 1.39. The Morgan fingerprint density at radius 2 is 0.781 bits per heavy atom. The molecule has 0 spiro atoms. The zero-order valence-electron chi connectivity index (χ0n) is 42.0. The summed E-state index contributed by atoms with van der Waals surface area (Å²) in [7, 11) is 0. The van der Waals surface area contributed by atoms with Crippen molar-refractivity contribution >= 4 is 11.4 Å².